The Bertz CT molecular complexity index is 1110. The molecule has 1 spiro atoms. The van der Waals surface area contributed by atoms with E-state index < -0.39 is 23.1 Å². The van der Waals surface area contributed by atoms with Crippen LogP contribution in [0.5, 0.6) is 0 Å². The van der Waals surface area contributed by atoms with Gasteiger partial charge in [-0.05, 0) is 55.3 Å². The zero-order chi connectivity index (χ0) is 22.0. The molecule has 2 aliphatic rings. The lowest BCUT2D eigenvalue weighted by molar-refractivity contribution is -0.123. The molecule has 2 heterocycles. The van der Waals surface area contributed by atoms with Gasteiger partial charge in [-0.1, -0.05) is 53.5 Å². The summed E-state index contributed by atoms with van der Waals surface area (Å²) in [4.78, 5) is 12.9. The fourth-order valence-corrected chi connectivity index (χ4v) is 4.68. The SMILES string of the molecule is Clc1ccccc1.O=C1Nc2cc(Cl)ccc2[C@@]12CCCN[C@@H]2c1ccc(F)cc1F. The molecule has 2 atom stereocenters. The second kappa shape index (κ2) is 8.95. The second-order valence-corrected chi connectivity index (χ2v) is 8.44. The summed E-state index contributed by atoms with van der Waals surface area (Å²) in [6.07, 6.45) is 1.37. The van der Waals surface area contributed by atoms with Crippen LogP contribution in [0.15, 0.2) is 66.7 Å². The Labute approximate surface area is 189 Å². The molecule has 1 amide bonds. The minimum atomic E-state index is -0.920. The number of rotatable bonds is 1. The van der Waals surface area contributed by atoms with Crippen LogP contribution in [0.4, 0.5) is 14.5 Å². The van der Waals surface area contributed by atoms with Gasteiger partial charge in [0.15, 0.2) is 0 Å². The number of carbonyl (C=O) groups is 1. The molecule has 160 valence electrons. The number of fused-ring (bicyclic) bond motifs is 2. The highest BCUT2D eigenvalue weighted by atomic mass is 35.5. The summed E-state index contributed by atoms with van der Waals surface area (Å²) in [6.45, 7) is 0.666. The van der Waals surface area contributed by atoms with Crippen molar-refractivity contribution in [3.05, 3.63) is 99.5 Å². The van der Waals surface area contributed by atoms with Gasteiger partial charge in [0, 0.05) is 27.4 Å². The summed E-state index contributed by atoms with van der Waals surface area (Å²) in [6, 6.07) is 17.6. The molecule has 0 aromatic heterocycles. The first-order valence-corrected chi connectivity index (χ1v) is 10.7. The van der Waals surface area contributed by atoms with Gasteiger partial charge in [0.1, 0.15) is 11.6 Å². The van der Waals surface area contributed by atoms with Crippen molar-refractivity contribution in [1.29, 1.82) is 0 Å². The van der Waals surface area contributed by atoms with Crippen molar-refractivity contribution < 1.29 is 13.6 Å². The van der Waals surface area contributed by atoms with Crippen LogP contribution in [0.1, 0.15) is 30.0 Å². The fourth-order valence-electron chi connectivity index (χ4n) is 4.36. The van der Waals surface area contributed by atoms with E-state index in [4.69, 9.17) is 23.2 Å². The summed E-state index contributed by atoms with van der Waals surface area (Å²) in [5.74, 6) is -1.46. The first-order chi connectivity index (χ1) is 14.9. The zero-order valence-electron chi connectivity index (χ0n) is 16.5. The maximum absolute atomic E-state index is 14.4. The lowest BCUT2D eigenvalue weighted by Gasteiger charge is -2.41. The molecule has 2 N–H and O–H groups in total. The Morgan fingerprint density at radius 3 is 2.39 bits per heavy atom. The molecule has 0 aliphatic carbocycles. The summed E-state index contributed by atoms with van der Waals surface area (Å²) in [5.41, 5.74) is 0.840. The third-order valence-electron chi connectivity index (χ3n) is 5.71. The third kappa shape index (κ3) is 4.18. The Morgan fingerprint density at radius 2 is 1.71 bits per heavy atom. The molecule has 31 heavy (non-hydrogen) atoms. The van der Waals surface area contributed by atoms with Gasteiger partial charge in [-0.2, -0.15) is 0 Å². The molecule has 1 saturated heterocycles. The van der Waals surface area contributed by atoms with E-state index in [1.165, 1.54) is 12.1 Å². The lowest BCUT2D eigenvalue weighted by atomic mass is 9.67. The van der Waals surface area contributed by atoms with Gasteiger partial charge >= 0.3 is 0 Å². The van der Waals surface area contributed by atoms with E-state index >= 15 is 0 Å². The minimum Gasteiger partial charge on any atom is -0.325 e. The number of anilines is 1. The van der Waals surface area contributed by atoms with Crippen LogP contribution in [-0.4, -0.2) is 12.5 Å². The summed E-state index contributed by atoms with van der Waals surface area (Å²) >= 11 is 11.6. The molecular formula is C24H20Cl2F2N2O. The number of amides is 1. The van der Waals surface area contributed by atoms with E-state index in [2.05, 4.69) is 10.6 Å². The molecule has 5 rings (SSSR count). The van der Waals surface area contributed by atoms with Crippen LogP contribution in [0, 0.1) is 11.6 Å². The van der Waals surface area contributed by atoms with Crippen LogP contribution in [0.25, 0.3) is 0 Å². The molecule has 0 bridgehead atoms. The van der Waals surface area contributed by atoms with Crippen molar-refractivity contribution >= 4 is 34.8 Å². The number of hydrogen-bond donors (Lipinski definition) is 2. The molecule has 3 nitrogen and oxygen atoms in total. The van der Waals surface area contributed by atoms with Gasteiger partial charge in [0.2, 0.25) is 5.91 Å². The van der Waals surface area contributed by atoms with E-state index in [-0.39, 0.29) is 5.91 Å². The number of benzene rings is 3. The fraction of sp³-hybridized carbons (Fsp3) is 0.208. The molecule has 1 fully saturated rings. The molecule has 0 radical (unpaired) electrons. The van der Waals surface area contributed by atoms with Crippen molar-refractivity contribution in [2.24, 2.45) is 0 Å². The quantitative estimate of drug-likeness (QED) is 0.448. The molecule has 0 saturated carbocycles. The molecule has 2 aliphatic heterocycles. The topological polar surface area (TPSA) is 41.1 Å². The lowest BCUT2D eigenvalue weighted by Crippen LogP contribution is -2.50. The van der Waals surface area contributed by atoms with Crippen LogP contribution in [-0.2, 0) is 10.2 Å². The molecule has 3 aromatic carbocycles. The Kier molecular flexibility index (Phi) is 6.28. The Balaban J connectivity index is 0.000000282. The molecule has 7 heteroatoms. The first kappa shape index (κ1) is 21.8. The van der Waals surface area contributed by atoms with Crippen molar-refractivity contribution in [1.82, 2.24) is 5.32 Å². The number of halogens is 4. The first-order valence-electron chi connectivity index (χ1n) is 9.92. The highest BCUT2D eigenvalue weighted by molar-refractivity contribution is 6.31. The van der Waals surface area contributed by atoms with Crippen molar-refractivity contribution in [3.63, 3.8) is 0 Å². The van der Waals surface area contributed by atoms with Crippen molar-refractivity contribution in [2.75, 3.05) is 11.9 Å². The van der Waals surface area contributed by atoms with Gasteiger partial charge in [-0.25, -0.2) is 8.78 Å². The Morgan fingerprint density at radius 1 is 0.935 bits per heavy atom. The average molecular weight is 461 g/mol. The van der Waals surface area contributed by atoms with Gasteiger partial charge in [-0.15, -0.1) is 0 Å². The molecule has 0 unspecified atom stereocenters. The normalized spacial score (nSPS) is 21.8. The number of hydrogen-bond acceptors (Lipinski definition) is 2. The standard InChI is InChI=1S/C18H15ClF2N2O.C6H5Cl/c19-10-2-5-13-15(8-10)23-17(24)18(13)6-1-7-22-16(18)12-4-3-11(20)9-14(12)21;7-6-4-2-1-3-5-6/h2-5,8-9,16,22H,1,6-7H2,(H,23,24);1-5H/t16-,18-;/m1./s1. The summed E-state index contributed by atoms with van der Waals surface area (Å²) < 4.78 is 27.7. The average Bonchev–Trinajstić information content (AvgIpc) is 3.01. The monoisotopic (exact) mass is 460 g/mol. The summed E-state index contributed by atoms with van der Waals surface area (Å²) in [5, 5.41) is 7.45. The van der Waals surface area contributed by atoms with E-state index in [9.17, 15) is 13.6 Å². The third-order valence-corrected chi connectivity index (χ3v) is 6.20. The van der Waals surface area contributed by atoms with Crippen LogP contribution in [0.3, 0.4) is 0 Å². The van der Waals surface area contributed by atoms with Gasteiger partial charge in [0.25, 0.3) is 0 Å². The highest BCUT2D eigenvalue weighted by Crippen LogP contribution is 2.51. The zero-order valence-corrected chi connectivity index (χ0v) is 18.0. The van der Waals surface area contributed by atoms with E-state index in [1.807, 2.05) is 36.4 Å². The second-order valence-electron chi connectivity index (χ2n) is 7.57. The maximum atomic E-state index is 14.4. The minimum absolute atomic E-state index is 0.180. The largest absolute Gasteiger partial charge is 0.325 e. The van der Waals surface area contributed by atoms with Gasteiger partial charge < -0.3 is 10.6 Å². The van der Waals surface area contributed by atoms with E-state index in [0.29, 0.717) is 29.2 Å². The van der Waals surface area contributed by atoms with E-state index in [1.54, 1.807) is 12.1 Å². The summed E-state index contributed by atoms with van der Waals surface area (Å²) in [7, 11) is 0. The number of carbonyl (C=O) groups excluding carboxylic acids is 1. The highest BCUT2D eigenvalue weighted by Gasteiger charge is 2.54. The predicted molar refractivity (Wildman–Crippen MR) is 120 cm³/mol. The van der Waals surface area contributed by atoms with Crippen molar-refractivity contribution in [3.8, 4) is 0 Å². The smallest absolute Gasteiger partial charge is 0.237 e. The number of nitrogens with one attached hydrogen (secondary N) is 2. The number of piperidine rings is 1. The van der Waals surface area contributed by atoms with Crippen molar-refractivity contribution in [2.45, 2.75) is 24.3 Å². The predicted octanol–water partition coefficient (Wildman–Crippen LogP) is 6.27. The van der Waals surface area contributed by atoms with E-state index in [0.717, 1.165) is 23.1 Å². The molecule has 3 aromatic rings. The Hall–Kier alpha value is -2.47. The maximum Gasteiger partial charge on any atom is 0.237 e. The molecular weight excluding hydrogens is 441 g/mol. The van der Waals surface area contributed by atoms with Gasteiger partial charge in [0.05, 0.1) is 11.5 Å². The van der Waals surface area contributed by atoms with Crippen LogP contribution in [0.2, 0.25) is 10.0 Å². The van der Waals surface area contributed by atoms with Crippen LogP contribution >= 0.6 is 23.2 Å². The van der Waals surface area contributed by atoms with Crippen LogP contribution < -0.4 is 10.6 Å². The van der Waals surface area contributed by atoms with Gasteiger partial charge in [-0.3, -0.25) is 4.79 Å².